The van der Waals surface area contributed by atoms with Crippen LogP contribution < -0.4 is 10.6 Å². The maximum atomic E-state index is 6.17. The van der Waals surface area contributed by atoms with E-state index in [0.29, 0.717) is 0 Å². The molecule has 7 heteroatoms. The minimum Gasteiger partial charge on any atom is -0.341 e. The van der Waals surface area contributed by atoms with Crippen molar-refractivity contribution in [3.8, 4) is 0 Å². The first-order valence-corrected chi connectivity index (χ1v) is 10.0. The van der Waals surface area contributed by atoms with Crippen molar-refractivity contribution >= 4 is 64.8 Å². The largest absolute Gasteiger partial charge is 0.341 e. The second kappa shape index (κ2) is 5.76. The Morgan fingerprint density at radius 3 is 2.64 bits per heavy atom. The number of aromatic nitrogens is 2. The van der Waals surface area contributed by atoms with Gasteiger partial charge in [-0.15, -0.1) is 0 Å². The summed E-state index contributed by atoms with van der Waals surface area (Å²) in [6.07, 6.45) is 4.50. The number of imidazole rings is 1. The highest BCUT2D eigenvalue weighted by molar-refractivity contribution is 9.14. The van der Waals surface area contributed by atoms with Crippen molar-refractivity contribution in [1.82, 2.24) is 9.55 Å². The molecular weight excluding hydrogens is 476 g/mol. The summed E-state index contributed by atoms with van der Waals surface area (Å²) in [5.74, 6) is 1.08. The van der Waals surface area contributed by atoms with Crippen LogP contribution in [-0.2, 0) is 13.0 Å². The van der Waals surface area contributed by atoms with Gasteiger partial charge >= 0.3 is 0 Å². The Bertz CT molecular complexity index is 755. The second-order valence-electron chi connectivity index (χ2n) is 6.13. The van der Waals surface area contributed by atoms with Gasteiger partial charge < -0.3 is 15.2 Å². The Balaban J connectivity index is 1.95. The molecular formula is C15H17Br3N4. The number of rotatable bonds is 1. The summed E-state index contributed by atoms with van der Waals surface area (Å²) in [6, 6.07) is 0.256. The molecule has 4 rings (SSSR count). The van der Waals surface area contributed by atoms with Gasteiger partial charge in [0.15, 0.2) is 0 Å². The van der Waals surface area contributed by atoms with Crippen molar-refractivity contribution in [2.75, 3.05) is 18.0 Å². The van der Waals surface area contributed by atoms with Crippen LogP contribution >= 0.6 is 47.8 Å². The molecule has 3 heterocycles. The molecule has 0 spiro atoms. The molecule has 118 valence electrons. The van der Waals surface area contributed by atoms with E-state index in [9.17, 15) is 0 Å². The zero-order chi connectivity index (χ0) is 15.4. The molecule has 2 aliphatic rings. The molecule has 2 aliphatic heterocycles. The monoisotopic (exact) mass is 490 g/mol. The van der Waals surface area contributed by atoms with E-state index >= 15 is 0 Å². The number of piperidine rings is 1. The van der Waals surface area contributed by atoms with Gasteiger partial charge in [0.25, 0.3) is 0 Å². The minimum absolute atomic E-state index is 0.256. The van der Waals surface area contributed by atoms with E-state index in [1.165, 1.54) is 11.1 Å². The third-order valence-electron chi connectivity index (χ3n) is 4.64. The van der Waals surface area contributed by atoms with Crippen LogP contribution in [0.5, 0.6) is 0 Å². The van der Waals surface area contributed by atoms with Gasteiger partial charge in [0.1, 0.15) is 5.52 Å². The van der Waals surface area contributed by atoms with Gasteiger partial charge in [0.2, 0.25) is 5.95 Å². The highest BCUT2D eigenvalue weighted by Crippen LogP contribution is 2.44. The molecule has 22 heavy (non-hydrogen) atoms. The fourth-order valence-corrected chi connectivity index (χ4v) is 5.38. The lowest BCUT2D eigenvalue weighted by Crippen LogP contribution is -2.44. The molecule has 0 amide bonds. The number of nitrogens with zero attached hydrogens (tertiary/aromatic N) is 3. The molecule has 1 aromatic heterocycles. The normalized spacial score (nSPS) is 21.6. The summed E-state index contributed by atoms with van der Waals surface area (Å²) in [6.45, 7) is 2.98. The fraction of sp³-hybridized carbons (Fsp3) is 0.533. The molecule has 0 bridgehead atoms. The van der Waals surface area contributed by atoms with Crippen molar-refractivity contribution in [1.29, 1.82) is 0 Å². The topological polar surface area (TPSA) is 47.1 Å². The molecule has 2 N–H and O–H groups in total. The summed E-state index contributed by atoms with van der Waals surface area (Å²) in [7, 11) is 0. The van der Waals surface area contributed by atoms with E-state index < -0.39 is 0 Å². The molecule has 0 aliphatic carbocycles. The summed E-state index contributed by atoms with van der Waals surface area (Å²) in [4.78, 5) is 7.34. The summed E-state index contributed by atoms with van der Waals surface area (Å²) in [5.41, 5.74) is 9.85. The summed E-state index contributed by atoms with van der Waals surface area (Å²) in [5, 5.41) is 0. The van der Waals surface area contributed by atoms with Crippen LogP contribution in [0.1, 0.15) is 24.8 Å². The van der Waals surface area contributed by atoms with Gasteiger partial charge in [-0.3, -0.25) is 0 Å². The second-order valence-corrected chi connectivity index (χ2v) is 8.51. The highest BCUT2D eigenvalue weighted by atomic mass is 79.9. The van der Waals surface area contributed by atoms with Crippen molar-refractivity contribution in [2.45, 2.75) is 38.3 Å². The quantitative estimate of drug-likeness (QED) is 0.607. The van der Waals surface area contributed by atoms with Gasteiger partial charge in [-0.25, -0.2) is 4.98 Å². The zero-order valence-electron chi connectivity index (χ0n) is 12.1. The Labute approximate surface area is 154 Å². The third kappa shape index (κ3) is 2.27. The number of aryl methyl sites for hydroxylation is 2. The molecule has 1 unspecified atom stereocenters. The van der Waals surface area contributed by atoms with Crippen LogP contribution in [-0.4, -0.2) is 28.7 Å². The predicted molar refractivity (Wildman–Crippen MR) is 101 cm³/mol. The first-order chi connectivity index (χ1) is 10.6. The maximum absolute atomic E-state index is 6.17. The minimum atomic E-state index is 0.256. The van der Waals surface area contributed by atoms with E-state index in [-0.39, 0.29) is 6.04 Å². The molecule has 1 atom stereocenters. The average molecular weight is 493 g/mol. The average Bonchev–Trinajstić information content (AvgIpc) is 2.91. The van der Waals surface area contributed by atoms with E-state index in [1.54, 1.807) is 0 Å². The first-order valence-electron chi connectivity index (χ1n) is 7.64. The smallest absolute Gasteiger partial charge is 0.206 e. The zero-order valence-corrected chi connectivity index (χ0v) is 16.8. The van der Waals surface area contributed by atoms with Crippen LogP contribution in [0.3, 0.4) is 0 Å². The number of hydrogen-bond donors (Lipinski definition) is 1. The lowest BCUT2D eigenvalue weighted by molar-refractivity contribution is 0.490. The van der Waals surface area contributed by atoms with Crippen LogP contribution in [0.2, 0.25) is 0 Å². The molecule has 1 aromatic carbocycles. The Kier molecular flexibility index (Phi) is 4.03. The molecule has 4 nitrogen and oxygen atoms in total. The van der Waals surface area contributed by atoms with Gasteiger partial charge in [0.05, 0.1) is 9.99 Å². The fourth-order valence-electron chi connectivity index (χ4n) is 3.62. The highest BCUT2D eigenvalue weighted by Gasteiger charge is 2.28. The predicted octanol–water partition coefficient (Wildman–Crippen LogP) is 4.20. The molecule has 2 aromatic rings. The van der Waals surface area contributed by atoms with E-state index in [0.717, 1.165) is 70.2 Å². The van der Waals surface area contributed by atoms with E-state index in [1.807, 2.05) is 0 Å². The van der Waals surface area contributed by atoms with Crippen molar-refractivity contribution in [3.05, 3.63) is 19.0 Å². The van der Waals surface area contributed by atoms with Crippen molar-refractivity contribution in [2.24, 2.45) is 5.73 Å². The number of nitrogens with two attached hydrogens (primary N) is 1. The number of hydrogen-bond acceptors (Lipinski definition) is 3. The Hall–Kier alpha value is -0.110. The van der Waals surface area contributed by atoms with Gasteiger partial charge in [0, 0.05) is 34.6 Å². The number of benzene rings is 1. The summed E-state index contributed by atoms with van der Waals surface area (Å²) >= 11 is 11.1. The number of anilines is 1. The maximum Gasteiger partial charge on any atom is 0.206 e. The lowest BCUT2D eigenvalue weighted by Gasteiger charge is -2.32. The Morgan fingerprint density at radius 2 is 1.86 bits per heavy atom. The molecule has 1 saturated heterocycles. The van der Waals surface area contributed by atoms with Crippen molar-refractivity contribution < 1.29 is 0 Å². The van der Waals surface area contributed by atoms with Crippen LogP contribution in [0.25, 0.3) is 11.0 Å². The molecule has 0 radical (unpaired) electrons. The third-order valence-corrected chi connectivity index (χ3v) is 8.15. The van der Waals surface area contributed by atoms with E-state index in [2.05, 4.69) is 57.3 Å². The van der Waals surface area contributed by atoms with Gasteiger partial charge in [-0.2, -0.15) is 0 Å². The first kappa shape index (κ1) is 15.4. The standard InChI is InChI=1S/C15H17Br3N4/c16-10-9-4-2-6-22-14(9)13(12(18)11(10)17)20-15(22)21-5-1-3-8(19)7-21/h8H,1-7,19H2. The summed E-state index contributed by atoms with van der Waals surface area (Å²) < 4.78 is 5.62. The SMILES string of the molecule is NC1CCCN(c2nc3c(Br)c(Br)c(Br)c4c3n2CCC4)C1. The van der Waals surface area contributed by atoms with E-state index in [4.69, 9.17) is 10.7 Å². The van der Waals surface area contributed by atoms with Gasteiger partial charge in [-0.05, 0) is 79.0 Å². The molecule has 1 fully saturated rings. The van der Waals surface area contributed by atoms with Crippen LogP contribution in [0.4, 0.5) is 5.95 Å². The van der Waals surface area contributed by atoms with Crippen LogP contribution in [0, 0.1) is 0 Å². The lowest BCUT2D eigenvalue weighted by atomic mass is 10.0. The van der Waals surface area contributed by atoms with Crippen molar-refractivity contribution in [3.63, 3.8) is 0 Å². The molecule has 0 saturated carbocycles. The number of halogens is 3. The van der Waals surface area contributed by atoms with Crippen LogP contribution in [0.15, 0.2) is 13.4 Å². The van der Waals surface area contributed by atoms with Gasteiger partial charge in [-0.1, -0.05) is 0 Å². The Morgan fingerprint density at radius 1 is 1.05 bits per heavy atom.